The summed E-state index contributed by atoms with van der Waals surface area (Å²) < 4.78 is 0. The van der Waals surface area contributed by atoms with Gasteiger partial charge in [-0.2, -0.15) is 0 Å². The van der Waals surface area contributed by atoms with Crippen molar-refractivity contribution in [1.29, 1.82) is 0 Å². The van der Waals surface area contributed by atoms with Crippen LogP contribution >= 0.6 is 0 Å². The van der Waals surface area contributed by atoms with Crippen LogP contribution in [0.25, 0.3) is 0 Å². The lowest BCUT2D eigenvalue weighted by Gasteiger charge is -2.40. The average molecular weight is 280 g/mol. The Bertz CT molecular complexity index is 375. The molecule has 4 N–H and O–H groups in total. The molecule has 1 amide bonds. The molecule has 2 bridgehead atoms. The summed E-state index contributed by atoms with van der Waals surface area (Å²) in [5.41, 5.74) is 5.87. The molecule has 20 heavy (non-hydrogen) atoms. The van der Waals surface area contributed by atoms with Crippen LogP contribution in [0.15, 0.2) is 0 Å². The van der Waals surface area contributed by atoms with Gasteiger partial charge in [0.2, 0.25) is 5.91 Å². The van der Waals surface area contributed by atoms with Crippen molar-refractivity contribution in [1.82, 2.24) is 5.32 Å². The van der Waals surface area contributed by atoms with Gasteiger partial charge in [0.15, 0.2) is 0 Å². The fraction of sp³-hybridized carbons (Fsp3) is 0.938. The standard InChI is InChI=1S/C16H28N2O2/c1-10-4-6-16(9-19,7-5-10)18-15(20)13-11-2-3-12(8-11)14(13)17/h10-14,19H,2-9,17H2,1H3,(H,18,20). The lowest BCUT2D eigenvalue weighted by Crippen LogP contribution is -2.57. The molecule has 0 aliphatic heterocycles. The van der Waals surface area contributed by atoms with Gasteiger partial charge >= 0.3 is 0 Å². The van der Waals surface area contributed by atoms with E-state index in [0.29, 0.717) is 17.8 Å². The van der Waals surface area contributed by atoms with Crippen LogP contribution in [0.2, 0.25) is 0 Å². The Morgan fingerprint density at radius 3 is 2.45 bits per heavy atom. The number of hydrogen-bond donors (Lipinski definition) is 3. The second-order valence-corrected chi connectivity index (χ2v) is 7.55. The molecule has 3 rings (SSSR count). The van der Waals surface area contributed by atoms with E-state index in [9.17, 15) is 9.90 Å². The summed E-state index contributed by atoms with van der Waals surface area (Å²) in [5, 5.41) is 13.0. The van der Waals surface area contributed by atoms with Gasteiger partial charge in [0.05, 0.1) is 18.1 Å². The minimum atomic E-state index is -0.384. The number of hydrogen-bond acceptors (Lipinski definition) is 3. The zero-order valence-electron chi connectivity index (χ0n) is 12.5. The summed E-state index contributed by atoms with van der Waals surface area (Å²) in [5.74, 6) is 1.82. The van der Waals surface area contributed by atoms with Crippen molar-refractivity contribution in [2.45, 2.75) is 63.5 Å². The molecule has 4 atom stereocenters. The molecule has 3 aliphatic rings. The molecular formula is C16H28N2O2. The van der Waals surface area contributed by atoms with Crippen LogP contribution < -0.4 is 11.1 Å². The van der Waals surface area contributed by atoms with Gasteiger partial charge in [-0.1, -0.05) is 6.92 Å². The first-order chi connectivity index (χ1) is 9.54. The number of aliphatic hydroxyl groups excluding tert-OH is 1. The van der Waals surface area contributed by atoms with Crippen LogP contribution in [0.5, 0.6) is 0 Å². The number of amides is 1. The van der Waals surface area contributed by atoms with Crippen LogP contribution in [-0.2, 0) is 4.79 Å². The molecule has 0 aromatic rings. The topological polar surface area (TPSA) is 75.3 Å². The first kappa shape index (κ1) is 14.3. The quantitative estimate of drug-likeness (QED) is 0.732. The van der Waals surface area contributed by atoms with E-state index < -0.39 is 0 Å². The van der Waals surface area contributed by atoms with Gasteiger partial charge < -0.3 is 16.2 Å². The van der Waals surface area contributed by atoms with Crippen molar-refractivity contribution in [3.05, 3.63) is 0 Å². The SMILES string of the molecule is CC1CCC(CO)(NC(=O)C2C3CCC(C3)C2N)CC1. The van der Waals surface area contributed by atoms with Crippen molar-refractivity contribution in [2.24, 2.45) is 29.4 Å². The van der Waals surface area contributed by atoms with Crippen molar-refractivity contribution in [3.8, 4) is 0 Å². The Morgan fingerprint density at radius 1 is 1.25 bits per heavy atom. The number of nitrogens with two attached hydrogens (primary N) is 1. The zero-order chi connectivity index (χ0) is 14.3. The predicted octanol–water partition coefficient (Wildman–Crippen LogP) is 1.42. The van der Waals surface area contributed by atoms with Crippen molar-refractivity contribution in [2.75, 3.05) is 6.61 Å². The van der Waals surface area contributed by atoms with E-state index in [-0.39, 0.29) is 30.0 Å². The first-order valence-corrected chi connectivity index (χ1v) is 8.23. The van der Waals surface area contributed by atoms with E-state index in [1.165, 1.54) is 6.42 Å². The molecule has 4 nitrogen and oxygen atoms in total. The Balaban J connectivity index is 1.66. The Hall–Kier alpha value is -0.610. The normalized spacial score (nSPS) is 47.5. The van der Waals surface area contributed by atoms with E-state index in [4.69, 9.17) is 5.73 Å². The third-order valence-corrected chi connectivity index (χ3v) is 6.21. The number of rotatable bonds is 3. The van der Waals surface area contributed by atoms with E-state index in [1.807, 2.05) is 0 Å². The van der Waals surface area contributed by atoms with Crippen molar-refractivity contribution < 1.29 is 9.90 Å². The van der Waals surface area contributed by atoms with Crippen LogP contribution in [0, 0.1) is 23.7 Å². The van der Waals surface area contributed by atoms with Gasteiger partial charge in [-0.05, 0) is 62.7 Å². The summed E-state index contributed by atoms with van der Waals surface area (Å²) >= 11 is 0. The van der Waals surface area contributed by atoms with Crippen LogP contribution in [0.3, 0.4) is 0 Å². The maximum absolute atomic E-state index is 12.7. The highest BCUT2D eigenvalue weighted by molar-refractivity contribution is 5.81. The van der Waals surface area contributed by atoms with Crippen molar-refractivity contribution >= 4 is 5.91 Å². The Morgan fingerprint density at radius 2 is 1.90 bits per heavy atom. The molecule has 3 saturated carbocycles. The lowest BCUT2D eigenvalue weighted by atomic mass is 9.76. The fourth-order valence-corrected chi connectivity index (χ4v) is 4.71. The molecule has 0 aromatic carbocycles. The van der Waals surface area contributed by atoms with Gasteiger partial charge in [-0.15, -0.1) is 0 Å². The minimum Gasteiger partial charge on any atom is -0.394 e. The molecule has 0 spiro atoms. The number of aliphatic hydroxyl groups is 1. The van der Waals surface area contributed by atoms with Crippen LogP contribution in [-0.4, -0.2) is 29.2 Å². The van der Waals surface area contributed by atoms with Gasteiger partial charge in [0, 0.05) is 6.04 Å². The maximum atomic E-state index is 12.7. The molecule has 0 heterocycles. The average Bonchev–Trinajstić information content (AvgIpc) is 3.02. The summed E-state index contributed by atoms with van der Waals surface area (Å²) in [6.07, 6.45) is 7.44. The molecule has 4 unspecified atom stereocenters. The number of carbonyl (C=O) groups excluding carboxylic acids is 1. The summed E-state index contributed by atoms with van der Waals surface area (Å²) in [4.78, 5) is 12.7. The monoisotopic (exact) mass is 280 g/mol. The Labute approximate surface area is 121 Å². The molecule has 0 radical (unpaired) electrons. The highest BCUT2D eigenvalue weighted by Crippen LogP contribution is 2.48. The van der Waals surface area contributed by atoms with Gasteiger partial charge in [-0.25, -0.2) is 0 Å². The Kier molecular flexibility index (Phi) is 3.80. The van der Waals surface area contributed by atoms with Crippen LogP contribution in [0.4, 0.5) is 0 Å². The summed E-state index contributed by atoms with van der Waals surface area (Å²) in [6.45, 7) is 2.30. The number of carbonyl (C=O) groups is 1. The molecule has 0 saturated heterocycles. The maximum Gasteiger partial charge on any atom is 0.225 e. The predicted molar refractivity (Wildman–Crippen MR) is 77.9 cm³/mol. The van der Waals surface area contributed by atoms with Gasteiger partial charge in [0.1, 0.15) is 0 Å². The smallest absolute Gasteiger partial charge is 0.225 e. The van der Waals surface area contributed by atoms with E-state index in [2.05, 4.69) is 12.2 Å². The van der Waals surface area contributed by atoms with E-state index in [1.54, 1.807) is 0 Å². The fourth-order valence-electron chi connectivity index (χ4n) is 4.71. The lowest BCUT2D eigenvalue weighted by molar-refractivity contribution is -0.130. The third-order valence-electron chi connectivity index (χ3n) is 6.21. The number of fused-ring (bicyclic) bond motifs is 2. The molecular weight excluding hydrogens is 252 g/mol. The summed E-state index contributed by atoms with van der Waals surface area (Å²) in [6, 6.07) is 0.0343. The molecule has 3 aliphatic carbocycles. The van der Waals surface area contributed by atoms with Crippen molar-refractivity contribution in [3.63, 3.8) is 0 Å². The molecule has 0 aromatic heterocycles. The zero-order valence-corrected chi connectivity index (χ0v) is 12.5. The number of nitrogens with one attached hydrogen (secondary N) is 1. The van der Waals surface area contributed by atoms with Crippen LogP contribution in [0.1, 0.15) is 51.9 Å². The largest absolute Gasteiger partial charge is 0.394 e. The second-order valence-electron chi connectivity index (χ2n) is 7.55. The highest BCUT2D eigenvalue weighted by Gasteiger charge is 2.50. The third kappa shape index (κ3) is 2.37. The highest BCUT2D eigenvalue weighted by atomic mass is 16.3. The van der Waals surface area contributed by atoms with E-state index >= 15 is 0 Å². The van der Waals surface area contributed by atoms with E-state index in [0.717, 1.165) is 38.5 Å². The van der Waals surface area contributed by atoms with Gasteiger partial charge in [-0.3, -0.25) is 4.79 Å². The molecule has 3 fully saturated rings. The molecule has 4 heteroatoms. The second kappa shape index (κ2) is 5.30. The minimum absolute atomic E-state index is 0.0171. The molecule has 114 valence electrons. The van der Waals surface area contributed by atoms with Gasteiger partial charge in [0.25, 0.3) is 0 Å². The summed E-state index contributed by atoms with van der Waals surface area (Å²) in [7, 11) is 0. The first-order valence-electron chi connectivity index (χ1n) is 8.23.